The van der Waals surface area contributed by atoms with Crippen LogP contribution in [0.3, 0.4) is 0 Å². The Labute approximate surface area is 137 Å². The molecule has 1 aliphatic rings. The highest BCUT2D eigenvalue weighted by molar-refractivity contribution is 5.98. The molecule has 2 aromatic carbocycles. The number of hydrogen-bond acceptors (Lipinski definition) is 2. The molecule has 118 valence electrons. The van der Waals surface area contributed by atoms with Crippen LogP contribution in [0.4, 0.5) is 0 Å². The molecule has 3 rings (SSSR count). The Bertz CT molecular complexity index is 732. The monoisotopic (exact) mass is 306 g/mol. The lowest BCUT2D eigenvalue weighted by atomic mass is 9.98. The number of fused-ring (bicyclic) bond motifs is 1. The molecule has 3 heteroatoms. The molecule has 0 aromatic heterocycles. The van der Waals surface area contributed by atoms with Crippen molar-refractivity contribution in [3.63, 3.8) is 0 Å². The topological polar surface area (TPSA) is 32.3 Å². The van der Waals surface area contributed by atoms with Crippen LogP contribution in [-0.4, -0.2) is 37.0 Å². The lowest BCUT2D eigenvalue weighted by Gasteiger charge is -2.31. The SMILES string of the molecule is C#CCN1CCCC(CNC(=O)c2ccc3ccccc3c2)C1. The molecule has 1 N–H and O–H groups in total. The molecule has 0 radical (unpaired) electrons. The summed E-state index contributed by atoms with van der Waals surface area (Å²) in [5.41, 5.74) is 0.722. The largest absolute Gasteiger partial charge is 0.352 e. The van der Waals surface area contributed by atoms with E-state index in [2.05, 4.69) is 22.2 Å². The molecule has 1 atom stereocenters. The van der Waals surface area contributed by atoms with Gasteiger partial charge in [-0.2, -0.15) is 0 Å². The van der Waals surface area contributed by atoms with E-state index in [9.17, 15) is 4.79 Å². The van der Waals surface area contributed by atoms with Gasteiger partial charge in [0.15, 0.2) is 0 Å². The van der Waals surface area contributed by atoms with Crippen LogP contribution in [0.2, 0.25) is 0 Å². The molecule has 1 saturated heterocycles. The van der Waals surface area contributed by atoms with E-state index in [0.717, 1.165) is 42.3 Å². The van der Waals surface area contributed by atoms with Crippen LogP contribution >= 0.6 is 0 Å². The van der Waals surface area contributed by atoms with E-state index in [1.54, 1.807) is 0 Å². The van der Waals surface area contributed by atoms with Crippen LogP contribution in [-0.2, 0) is 0 Å². The first-order valence-corrected chi connectivity index (χ1v) is 8.19. The number of likely N-dealkylation sites (tertiary alicyclic amines) is 1. The maximum Gasteiger partial charge on any atom is 0.251 e. The van der Waals surface area contributed by atoms with Gasteiger partial charge in [0, 0.05) is 18.7 Å². The zero-order valence-electron chi connectivity index (χ0n) is 13.3. The van der Waals surface area contributed by atoms with E-state index in [4.69, 9.17) is 6.42 Å². The van der Waals surface area contributed by atoms with Crippen LogP contribution in [0.15, 0.2) is 42.5 Å². The van der Waals surface area contributed by atoms with Gasteiger partial charge in [-0.25, -0.2) is 0 Å². The predicted octanol–water partition coefficient (Wildman–Crippen LogP) is 2.91. The Kier molecular flexibility index (Phi) is 4.95. The van der Waals surface area contributed by atoms with Gasteiger partial charge < -0.3 is 5.32 Å². The summed E-state index contributed by atoms with van der Waals surface area (Å²) in [6, 6.07) is 13.9. The molecule has 1 heterocycles. The number of nitrogens with one attached hydrogen (secondary N) is 1. The van der Waals surface area contributed by atoms with Gasteiger partial charge in [-0.05, 0) is 48.2 Å². The minimum absolute atomic E-state index is 0.00447. The summed E-state index contributed by atoms with van der Waals surface area (Å²) < 4.78 is 0. The third-order valence-electron chi connectivity index (χ3n) is 4.48. The maximum absolute atomic E-state index is 12.4. The predicted molar refractivity (Wildman–Crippen MR) is 94.3 cm³/mol. The molecule has 0 spiro atoms. The van der Waals surface area contributed by atoms with Gasteiger partial charge in [0.1, 0.15) is 0 Å². The van der Waals surface area contributed by atoms with Crippen LogP contribution in [0.25, 0.3) is 10.8 Å². The van der Waals surface area contributed by atoms with Crippen molar-refractivity contribution in [3.05, 3.63) is 48.0 Å². The van der Waals surface area contributed by atoms with Crippen molar-refractivity contribution in [1.82, 2.24) is 10.2 Å². The van der Waals surface area contributed by atoms with Gasteiger partial charge in [0.2, 0.25) is 0 Å². The van der Waals surface area contributed by atoms with Gasteiger partial charge in [0.05, 0.1) is 6.54 Å². The van der Waals surface area contributed by atoms with Crippen LogP contribution in [0.1, 0.15) is 23.2 Å². The Morgan fingerprint density at radius 2 is 2.09 bits per heavy atom. The zero-order valence-corrected chi connectivity index (χ0v) is 13.3. The summed E-state index contributed by atoms with van der Waals surface area (Å²) in [5, 5.41) is 5.33. The minimum atomic E-state index is 0.00447. The second-order valence-corrected chi connectivity index (χ2v) is 6.22. The first kappa shape index (κ1) is 15.6. The number of benzene rings is 2. The van der Waals surface area contributed by atoms with Crippen LogP contribution in [0.5, 0.6) is 0 Å². The van der Waals surface area contributed by atoms with Gasteiger partial charge >= 0.3 is 0 Å². The smallest absolute Gasteiger partial charge is 0.251 e. The summed E-state index contributed by atoms with van der Waals surface area (Å²) in [5.74, 6) is 3.20. The van der Waals surface area contributed by atoms with E-state index in [1.807, 2.05) is 36.4 Å². The highest BCUT2D eigenvalue weighted by atomic mass is 16.1. The number of carbonyl (C=O) groups excluding carboxylic acids is 1. The van der Waals surface area contributed by atoms with Crippen molar-refractivity contribution in [3.8, 4) is 12.3 Å². The molecule has 1 amide bonds. The normalized spacial score (nSPS) is 18.5. The first-order valence-electron chi connectivity index (χ1n) is 8.19. The minimum Gasteiger partial charge on any atom is -0.352 e. The first-order chi connectivity index (χ1) is 11.3. The lowest BCUT2D eigenvalue weighted by Crippen LogP contribution is -2.41. The lowest BCUT2D eigenvalue weighted by molar-refractivity contribution is 0.0935. The average molecular weight is 306 g/mol. The van der Waals surface area contributed by atoms with E-state index in [1.165, 1.54) is 0 Å². The standard InChI is InChI=1S/C20H22N2O/c1-2-11-22-12-5-6-16(15-22)14-21-20(23)19-10-9-17-7-3-4-8-18(17)13-19/h1,3-4,7-10,13,16H,5-6,11-12,14-15H2,(H,21,23). The van der Waals surface area contributed by atoms with Gasteiger partial charge in [-0.3, -0.25) is 9.69 Å². The van der Waals surface area contributed by atoms with Gasteiger partial charge in [-0.1, -0.05) is 36.3 Å². The van der Waals surface area contributed by atoms with Crippen LogP contribution in [0, 0.1) is 18.3 Å². The van der Waals surface area contributed by atoms with Crippen LogP contribution < -0.4 is 5.32 Å². The van der Waals surface area contributed by atoms with Crippen molar-refractivity contribution in [1.29, 1.82) is 0 Å². The fraction of sp³-hybridized carbons (Fsp3) is 0.350. The van der Waals surface area contributed by atoms with E-state index in [-0.39, 0.29) is 5.91 Å². The number of piperidine rings is 1. The summed E-state index contributed by atoms with van der Waals surface area (Å²) >= 11 is 0. The third kappa shape index (κ3) is 3.91. The number of hydrogen-bond donors (Lipinski definition) is 1. The fourth-order valence-corrected chi connectivity index (χ4v) is 3.26. The van der Waals surface area contributed by atoms with E-state index in [0.29, 0.717) is 19.0 Å². The number of rotatable bonds is 4. The van der Waals surface area contributed by atoms with Crippen molar-refractivity contribution >= 4 is 16.7 Å². The molecule has 2 aromatic rings. The number of terminal acetylenes is 1. The summed E-state index contributed by atoms with van der Waals surface area (Å²) in [4.78, 5) is 14.7. The Balaban J connectivity index is 1.59. The molecule has 0 bridgehead atoms. The molecular weight excluding hydrogens is 284 g/mol. The molecule has 3 nitrogen and oxygen atoms in total. The van der Waals surface area contributed by atoms with Crippen molar-refractivity contribution < 1.29 is 4.79 Å². The highest BCUT2D eigenvalue weighted by Gasteiger charge is 2.19. The molecule has 23 heavy (non-hydrogen) atoms. The van der Waals surface area contributed by atoms with Gasteiger partial charge in [0.25, 0.3) is 5.91 Å². The second kappa shape index (κ2) is 7.30. The van der Waals surface area contributed by atoms with Gasteiger partial charge in [-0.15, -0.1) is 6.42 Å². The Morgan fingerprint density at radius 3 is 2.91 bits per heavy atom. The fourth-order valence-electron chi connectivity index (χ4n) is 3.26. The highest BCUT2D eigenvalue weighted by Crippen LogP contribution is 2.17. The molecule has 1 fully saturated rings. The summed E-state index contributed by atoms with van der Waals surface area (Å²) in [7, 11) is 0. The molecular formula is C20H22N2O. The Morgan fingerprint density at radius 1 is 1.26 bits per heavy atom. The summed E-state index contributed by atoms with van der Waals surface area (Å²) in [6.07, 6.45) is 7.69. The number of nitrogens with zero attached hydrogens (tertiary/aromatic N) is 1. The zero-order chi connectivity index (χ0) is 16.1. The van der Waals surface area contributed by atoms with E-state index >= 15 is 0 Å². The Hall–Kier alpha value is -2.31. The molecule has 0 saturated carbocycles. The third-order valence-corrected chi connectivity index (χ3v) is 4.48. The molecule has 1 unspecified atom stereocenters. The van der Waals surface area contributed by atoms with Crippen molar-refractivity contribution in [2.24, 2.45) is 5.92 Å². The summed E-state index contributed by atoms with van der Waals surface area (Å²) in [6.45, 7) is 3.46. The molecule has 0 aliphatic carbocycles. The number of carbonyl (C=O) groups is 1. The average Bonchev–Trinajstić information content (AvgIpc) is 2.60. The van der Waals surface area contributed by atoms with Crippen molar-refractivity contribution in [2.75, 3.05) is 26.2 Å². The second-order valence-electron chi connectivity index (χ2n) is 6.22. The molecule has 1 aliphatic heterocycles. The van der Waals surface area contributed by atoms with Crippen molar-refractivity contribution in [2.45, 2.75) is 12.8 Å². The maximum atomic E-state index is 12.4. The van der Waals surface area contributed by atoms with E-state index < -0.39 is 0 Å². The quantitative estimate of drug-likeness (QED) is 0.881. The number of amides is 1.